The number of rotatable bonds is 8. The molecule has 0 aromatic heterocycles. The maximum Gasteiger partial charge on any atom is 0.337 e. The van der Waals surface area contributed by atoms with Crippen LogP contribution in [0.15, 0.2) is 11.8 Å². The second-order valence-electron chi connectivity index (χ2n) is 7.08. The van der Waals surface area contributed by atoms with Gasteiger partial charge >= 0.3 is 17.9 Å². The van der Waals surface area contributed by atoms with E-state index in [1.54, 1.807) is 0 Å². The van der Waals surface area contributed by atoms with Crippen molar-refractivity contribution in [3.05, 3.63) is 11.8 Å². The average molecular weight is 452 g/mol. The molecule has 0 amide bonds. The van der Waals surface area contributed by atoms with Crippen LogP contribution in [0.2, 0.25) is 0 Å². The fourth-order valence-electron chi connectivity index (χ4n) is 3.44. The van der Waals surface area contributed by atoms with Gasteiger partial charge in [0.2, 0.25) is 6.29 Å². The van der Waals surface area contributed by atoms with Crippen LogP contribution in [0.1, 0.15) is 12.8 Å². The molecule has 176 valence electrons. The molecule has 14 heteroatoms. The highest BCUT2D eigenvalue weighted by Crippen LogP contribution is 2.41. The van der Waals surface area contributed by atoms with Gasteiger partial charge in [0, 0.05) is 5.92 Å². The van der Waals surface area contributed by atoms with E-state index in [0.29, 0.717) is 0 Å². The first-order valence-electron chi connectivity index (χ1n) is 9.02. The highest BCUT2D eigenvalue weighted by Gasteiger charge is 2.56. The lowest BCUT2D eigenvalue weighted by molar-refractivity contribution is -0.359. The van der Waals surface area contributed by atoms with Crippen LogP contribution < -0.4 is 0 Å². The van der Waals surface area contributed by atoms with Crippen molar-refractivity contribution in [1.82, 2.24) is 0 Å². The van der Waals surface area contributed by atoms with E-state index in [-0.39, 0.29) is 0 Å². The molecule has 0 unspecified atom stereocenters. The third-order valence-corrected chi connectivity index (χ3v) is 5.05. The van der Waals surface area contributed by atoms with Crippen molar-refractivity contribution < 1.29 is 69.1 Å². The Morgan fingerprint density at radius 3 is 2.26 bits per heavy atom. The SMILES string of the molecule is COC(=O)C1=CO[C@@H](O[C@H]2O[C@@H](CO)[C@H](O)[C@@H](O)[C@@H]2O)[C@](O)(CC(=O)O)[C@H]1CC(=O)O. The lowest BCUT2D eigenvalue weighted by Gasteiger charge is -2.46. The molecule has 7 N–H and O–H groups in total. The summed E-state index contributed by atoms with van der Waals surface area (Å²) < 4.78 is 20.1. The monoisotopic (exact) mass is 452 g/mol. The maximum atomic E-state index is 12.0. The molecule has 1 saturated heterocycles. The van der Waals surface area contributed by atoms with Gasteiger partial charge in [-0.25, -0.2) is 4.79 Å². The summed E-state index contributed by atoms with van der Waals surface area (Å²) in [6, 6.07) is 0. The molecule has 2 aliphatic heterocycles. The van der Waals surface area contributed by atoms with E-state index in [9.17, 15) is 50.1 Å². The minimum Gasteiger partial charge on any atom is -0.481 e. The fraction of sp³-hybridized carbons (Fsp3) is 0.706. The molecule has 0 spiro atoms. The van der Waals surface area contributed by atoms with Gasteiger partial charge in [-0.2, -0.15) is 0 Å². The van der Waals surface area contributed by atoms with Gasteiger partial charge in [-0.05, 0) is 0 Å². The Morgan fingerprint density at radius 2 is 1.74 bits per heavy atom. The van der Waals surface area contributed by atoms with Crippen LogP contribution in [0.4, 0.5) is 0 Å². The van der Waals surface area contributed by atoms with Crippen molar-refractivity contribution >= 4 is 17.9 Å². The second-order valence-corrected chi connectivity index (χ2v) is 7.08. The summed E-state index contributed by atoms with van der Waals surface area (Å²) in [6.45, 7) is -0.788. The fourth-order valence-corrected chi connectivity index (χ4v) is 3.44. The normalized spacial score (nSPS) is 38.0. The molecule has 0 radical (unpaired) electrons. The van der Waals surface area contributed by atoms with Crippen molar-refractivity contribution in [2.24, 2.45) is 5.92 Å². The van der Waals surface area contributed by atoms with Gasteiger partial charge < -0.3 is 54.7 Å². The van der Waals surface area contributed by atoms with Gasteiger partial charge in [0.05, 0.1) is 38.4 Å². The maximum absolute atomic E-state index is 12.0. The van der Waals surface area contributed by atoms with Crippen LogP contribution in [-0.4, -0.2) is 110 Å². The molecule has 2 aliphatic rings. The van der Waals surface area contributed by atoms with Crippen molar-refractivity contribution in [3.63, 3.8) is 0 Å². The summed E-state index contributed by atoms with van der Waals surface area (Å²) in [5.41, 5.74) is -3.14. The smallest absolute Gasteiger partial charge is 0.337 e. The summed E-state index contributed by atoms with van der Waals surface area (Å²) in [5, 5.41) is 68.7. The van der Waals surface area contributed by atoms with Gasteiger partial charge in [0.15, 0.2) is 6.29 Å². The van der Waals surface area contributed by atoms with E-state index < -0.39 is 91.4 Å². The minimum atomic E-state index is -2.67. The van der Waals surface area contributed by atoms with E-state index in [1.807, 2.05) is 0 Å². The zero-order valence-electron chi connectivity index (χ0n) is 16.2. The number of hydrogen-bond acceptors (Lipinski definition) is 12. The molecular formula is C17H24O14. The molecule has 2 rings (SSSR count). The highest BCUT2D eigenvalue weighted by atomic mass is 16.8. The molecule has 8 atom stereocenters. The standard InChI is InChI=1S/C17H24O14/c1-28-14(26)6-5-29-16(17(27,3-10(21)22)7(6)2-9(19)20)31-15-13(25)12(24)11(23)8(4-18)30-15/h5,7-8,11-13,15-16,18,23-25,27H,2-4H2,1H3,(H,19,20)(H,21,22)/t7-,8-,11-,12+,13-,15+,16-,17-/m0/s1. The zero-order chi connectivity index (χ0) is 23.5. The van der Waals surface area contributed by atoms with E-state index in [2.05, 4.69) is 4.74 Å². The number of esters is 1. The van der Waals surface area contributed by atoms with E-state index in [4.69, 9.17) is 14.2 Å². The summed E-state index contributed by atoms with van der Waals surface area (Å²) >= 11 is 0. The first-order valence-corrected chi connectivity index (χ1v) is 9.02. The number of aliphatic hydroxyl groups is 5. The molecule has 2 heterocycles. The lowest BCUT2D eigenvalue weighted by atomic mass is 9.75. The first kappa shape index (κ1) is 24.9. The summed E-state index contributed by atoms with van der Waals surface area (Å²) in [6.07, 6.45) is -12.0. The van der Waals surface area contributed by atoms with Crippen LogP contribution in [0.25, 0.3) is 0 Å². The number of carbonyl (C=O) groups is 3. The predicted octanol–water partition coefficient (Wildman–Crippen LogP) is -3.49. The highest BCUT2D eigenvalue weighted by molar-refractivity contribution is 5.90. The van der Waals surface area contributed by atoms with Crippen LogP contribution in [-0.2, 0) is 33.3 Å². The number of methoxy groups -OCH3 is 1. The van der Waals surface area contributed by atoms with Gasteiger partial charge in [-0.1, -0.05) is 0 Å². The summed E-state index contributed by atoms with van der Waals surface area (Å²) in [7, 11) is 0.980. The van der Waals surface area contributed by atoms with E-state index in [0.717, 1.165) is 13.4 Å². The molecule has 31 heavy (non-hydrogen) atoms. The van der Waals surface area contributed by atoms with Gasteiger partial charge in [-0.15, -0.1) is 0 Å². The Morgan fingerprint density at radius 1 is 1.10 bits per heavy atom. The van der Waals surface area contributed by atoms with Crippen LogP contribution in [0.3, 0.4) is 0 Å². The zero-order valence-corrected chi connectivity index (χ0v) is 16.2. The molecule has 0 saturated carbocycles. The van der Waals surface area contributed by atoms with Gasteiger partial charge in [0.1, 0.15) is 30.0 Å². The summed E-state index contributed by atoms with van der Waals surface area (Å²) in [5.74, 6) is -5.84. The number of hydrogen-bond donors (Lipinski definition) is 7. The van der Waals surface area contributed by atoms with Crippen LogP contribution in [0.5, 0.6) is 0 Å². The van der Waals surface area contributed by atoms with Crippen molar-refractivity contribution in [1.29, 1.82) is 0 Å². The second kappa shape index (κ2) is 9.86. The largest absolute Gasteiger partial charge is 0.481 e. The Bertz CT molecular complexity index is 720. The number of carboxylic acid groups (broad SMARTS) is 2. The number of carboxylic acids is 2. The number of ether oxygens (including phenoxy) is 4. The Balaban J connectivity index is 2.42. The third-order valence-electron chi connectivity index (χ3n) is 5.05. The molecule has 0 aromatic carbocycles. The van der Waals surface area contributed by atoms with Crippen LogP contribution >= 0.6 is 0 Å². The van der Waals surface area contributed by atoms with E-state index >= 15 is 0 Å². The molecule has 14 nitrogen and oxygen atoms in total. The molecule has 1 fully saturated rings. The minimum absolute atomic E-state index is 0.470. The predicted molar refractivity (Wildman–Crippen MR) is 92.8 cm³/mol. The Labute approximate surface area is 174 Å². The summed E-state index contributed by atoms with van der Waals surface area (Å²) in [4.78, 5) is 34.8. The quantitative estimate of drug-likeness (QED) is 0.177. The Kier molecular flexibility index (Phi) is 7.93. The first-order chi connectivity index (χ1) is 14.5. The molecular weight excluding hydrogens is 428 g/mol. The van der Waals surface area contributed by atoms with Crippen molar-refractivity contribution in [2.75, 3.05) is 13.7 Å². The van der Waals surface area contributed by atoms with Crippen molar-refractivity contribution in [2.45, 2.75) is 55.4 Å². The molecule has 0 aromatic rings. The van der Waals surface area contributed by atoms with Gasteiger partial charge in [-0.3, -0.25) is 9.59 Å². The van der Waals surface area contributed by atoms with Crippen LogP contribution in [0, 0.1) is 5.92 Å². The number of aliphatic hydroxyl groups excluding tert-OH is 4. The molecule has 0 aliphatic carbocycles. The third kappa shape index (κ3) is 5.12. The number of carbonyl (C=O) groups excluding carboxylic acids is 1. The van der Waals surface area contributed by atoms with Crippen molar-refractivity contribution in [3.8, 4) is 0 Å². The topological polar surface area (TPSA) is 230 Å². The molecule has 0 bridgehead atoms. The Hall–Kier alpha value is -2.33. The lowest BCUT2D eigenvalue weighted by Crippen LogP contribution is -2.63. The number of aliphatic carboxylic acids is 2. The van der Waals surface area contributed by atoms with E-state index in [1.165, 1.54) is 0 Å². The average Bonchev–Trinajstić information content (AvgIpc) is 2.70. The van der Waals surface area contributed by atoms with Gasteiger partial charge in [0.25, 0.3) is 0 Å².